The second kappa shape index (κ2) is 10.9. The molecule has 176 valence electrons. The standard InChI is InChI=1S/C26H27ClN4O3/c1-33-23-9-5-3-7-21(23)28-26(29-25(32)19-11-13-20(27)14-12-19)31-17-15-30(16-18-31)22-8-4-6-10-24(22)34-2/h3-14H,15-18H2,1-2H3,(H,28,29,32). The van der Waals surface area contributed by atoms with Gasteiger partial charge in [-0.25, -0.2) is 4.99 Å². The zero-order chi connectivity index (χ0) is 23.9. The van der Waals surface area contributed by atoms with Crippen LogP contribution in [0.5, 0.6) is 11.5 Å². The van der Waals surface area contributed by atoms with Gasteiger partial charge in [0.05, 0.1) is 19.9 Å². The van der Waals surface area contributed by atoms with Crippen molar-refractivity contribution < 1.29 is 14.3 Å². The third-order valence-corrected chi connectivity index (χ3v) is 5.90. The Balaban J connectivity index is 1.57. The Morgan fingerprint density at radius 3 is 2.15 bits per heavy atom. The maximum absolute atomic E-state index is 13.0. The fraction of sp³-hybridized carbons (Fsp3) is 0.231. The van der Waals surface area contributed by atoms with E-state index in [0.29, 0.717) is 41.1 Å². The van der Waals surface area contributed by atoms with Crippen molar-refractivity contribution in [2.75, 3.05) is 45.3 Å². The van der Waals surface area contributed by atoms with Crippen LogP contribution in [0, 0.1) is 0 Å². The molecule has 0 radical (unpaired) electrons. The number of methoxy groups -OCH3 is 2. The van der Waals surface area contributed by atoms with Gasteiger partial charge in [-0.3, -0.25) is 10.1 Å². The average molecular weight is 479 g/mol. The van der Waals surface area contributed by atoms with E-state index in [1.807, 2.05) is 42.5 Å². The summed E-state index contributed by atoms with van der Waals surface area (Å²) in [6.07, 6.45) is 0. The van der Waals surface area contributed by atoms with E-state index < -0.39 is 0 Å². The number of piperazine rings is 1. The number of aliphatic imine (C=N–C) groups is 1. The Morgan fingerprint density at radius 2 is 1.47 bits per heavy atom. The Morgan fingerprint density at radius 1 is 0.853 bits per heavy atom. The van der Waals surface area contributed by atoms with Crippen molar-refractivity contribution in [1.82, 2.24) is 10.2 Å². The number of hydrogen-bond donors (Lipinski definition) is 1. The smallest absolute Gasteiger partial charge is 0.257 e. The van der Waals surface area contributed by atoms with Crippen molar-refractivity contribution in [1.29, 1.82) is 0 Å². The summed E-state index contributed by atoms with van der Waals surface area (Å²) in [5.74, 6) is 1.70. The van der Waals surface area contributed by atoms with Crippen LogP contribution >= 0.6 is 11.6 Å². The molecule has 4 rings (SSSR count). The summed E-state index contributed by atoms with van der Waals surface area (Å²) in [5.41, 5.74) is 2.20. The lowest BCUT2D eigenvalue weighted by molar-refractivity contribution is 0.0971. The van der Waals surface area contributed by atoms with Crippen molar-refractivity contribution in [3.8, 4) is 11.5 Å². The van der Waals surface area contributed by atoms with Crippen LogP contribution in [0.3, 0.4) is 0 Å². The molecular formula is C26H27ClN4O3. The zero-order valence-electron chi connectivity index (χ0n) is 19.2. The average Bonchev–Trinajstić information content (AvgIpc) is 2.89. The second-order valence-corrected chi connectivity index (χ2v) is 8.15. The number of ether oxygens (including phenoxy) is 2. The van der Waals surface area contributed by atoms with E-state index in [-0.39, 0.29) is 5.91 Å². The molecule has 1 fully saturated rings. The molecule has 1 heterocycles. The normalized spacial score (nSPS) is 14.0. The van der Waals surface area contributed by atoms with Crippen LogP contribution in [0.15, 0.2) is 77.8 Å². The molecule has 0 aliphatic carbocycles. The largest absolute Gasteiger partial charge is 0.495 e. The van der Waals surface area contributed by atoms with E-state index in [9.17, 15) is 4.79 Å². The Kier molecular flexibility index (Phi) is 7.54. The van der Waals surface area contributed by atoms with Gasteiger partial charge in [0.2, 0.25) is 5.96 Å². The third-order valence-electron chi connectivity index (χ3n) is 5.65. The topological polar surface area (TPSA) is 66.4 Å². The fourth-order valence-corrected chi connectivity index (χ4v) is 3.97. The number of para-hydroxylation sites is 4. The van der Waals surface area contributed by atoms with Gasteiger partial charge in [0.25, 0.3) is 5.91 Å². The number of hydrogen-bond acceptors (Lipinski definition) is 5. The maximum atomic E-state index is 13.0. The van der Waals surface area contributed by atoms with Gasteiger partial charge in [0.15, 0.2) is 0 Å². The zero-order valence-corrected chi connectivity index (χ0v) is 20.0. The number of nitrogens with zero attached hydrogens (tertiary/aromatic N) is 3. The molecule has 1 N–H and O–H groups in total. The Bertz CT molecular complexity index is 1160. The first-order valence-electron chi connectivity index (χ1n) is 11.0. The number of carbonyl (C=O) groups is 1. The van der Waals surface area contributed by atoms with Crippen LogP contribution in [0.25, 0.3) is 0 Å². The maximum Gasteiger partial charge on any atom is 0.257 e. The van der Waals surface area contributed by atoms with Crippen molar-refractivity contribution in [2.45, 2.75) is 0 Å². The summed E-state index contributed by atoms with van der Waals surface area (Å²) < 4.78 is 11.0. The van der Waals surface area contributed by atoms with Gasteiger partial charge in [0.1, 0.15) is 17.2 Å². The molecule has 1 aliphatic rings. The van der Waals surface area contributed by atoms with Crippen LogP contribution in [-0.2, 0) is 0 Å². The quantitative estimate of drug-likeness (QED) is 0.429. The second-order valence-electron chi connectivity index (χ2n) is 7.71. The first-order chi connectivity index (χ1) is 16.6. The molecule has 8 heteroatoms. The summed E-state index contributed by atoms with van der Waals surface area (Å²) in [4.78, 5) is 22.1. The highest BCUT2D eigenvalue weighted by molar-refractivity contribution is 6.30. The highest BCUT2D eigenvalue weighted by Crippen LogP contribution is 2.29. The number of nitrogens with one attached hydrogen (secondary N) is 1. The van der Waals surface area contributed by atoms with E-state index in [4.69, 9.17) is 26.1 Å². The van der Waals surface area contributed by atoms with Gasteiger partial charge in [-0.2, -0.15) is 0 Å². The van der Waals surface area contributed by atoms with Crippen molar-refractivity contribution in [2.24, 2.45) is 4.99 Å². The number of guanidine groups is 1. The van der Waals surface area contributed by atoms with Crippen LogP contribution in [0.4, 0.5) is 11.4 Å². The number of halogens is 1. The minimum absolute atomic E-state index is 0.252. The first-order valence-corrected chi connectivity index (χ1v) is 11.4. The SMILES string of the molecule is COc1ccccc1N=C(NC(=O)c1ccc(Cl)cc1)N1CCN(c2ccccc2OC)CC1. The number of rotatable bonds is 5. The molecule has 1 amide bonds. The lowest BCUT2D eigenvalue weighted by atomic mass is 10.2. The molecule has 1 aliphatic heterocycles. The predicted octanol–water partition coefficient (Wildman–Crippen LogP) is 4.60. The monoisotopic (exact) mass is 478 g/mol. The number of carbonyl (C=O) groups excluding carboxylic acids is 1. The summed E-state index contributed by atoms with van der Waals surface area (Å²) in [6.45, 7) is 2.85. The molecule has 34 heavy (non-hydrogen) atoms. The first kappa shape index (κ1) is 23.4. The van der Waals surface area contributed by atoms with E-state index >= 15 is 0 Å². The number of benzene rings is 3. The van der Waals surface area contributed by atoms with Gasteiger partial charge in [0, 0.05) is 36.8 Å². The highest BCUT2D eigenvalue weighted by Gasteiger charge is 2.24. The van der Waals surface area contributed by atoms with Crippen LogP contribution in [0.1, 0.15) is 10.4 Å². The molecule has 0 bridgehead atoms. The van der Waals surface area contributed by atoms with E-state index in [0.717, 1.165) is 24.5 Å². The van der Waals surface area contributed by atoms with Crippen LogP contribution in [0.2, 0.25) is 5.02 Å². The van der Waals surface area contributed by atoms with Crippen LogP contribution in [-0.4, -0.2) is 57.2 Å². The van der Waals surface area contributed by atoms with Gasteiger partial charge in [-0.15, -0.1) is 0 Å². The third kappa shape index (κ3) is 5.43. The molecule has 0 spiro atoms. The van der Waals surface area contributed by atoms with E-state index in [1.165, 1.54) is 0 Å². The van der Waals surface area contributed by atoms with Crippen molar-refractivity contribution in [3.63, 3.8) is 0 Å². The summed E-state index contributed by atoms with van der Waals surface area (Å²) in [5, 5.41) is 3.57. The molecule has 1 saturated heterocycles. The van der Waals surface area contributed by atoms with Crippen molar-refractivity contribution >= 4 is 34.8 Å². The molecule has 0 atom stereocenters. The highest BCUT2D eigenvalue weighted by atomic mass is 35.5. The van der Waals surface area contributed by atoms with Gasteiger partial charge in [-0.1, -0.05) is 35.9 Å². The molecule has 3 aromatic rings. The fourth-order valence-electron chi connectivity index (χ4n) is 3.84. The molecule has 0 aromatic heterocycles. The summed E-state index contributed by atoms with van der Waals surface area (Å²) in [7, 11) is 3.28. The minimum atomic E-state index is -0.252. The Hall–Kier alpha value is -3.71. The minimum Gasteiger partial charge on any atom is -0.495 e. The van der Waals surface area contributed by atoms with Gasteiger partial charge >= 0.3 is 0 Å². The van der Waals surface area contributed by atoms with Gasteiger partial charge < -0.3 is 19.3 Å². The van der Waals surface area contributed by atoms with E-state index in [1.54, 1.807) is 38.5 Å². The predicted molar refractivity (Wildman–Crippen MR) is 136 cm³/mol. The summed E-state index contributed by atoms with van der Waals surface area (Å²) in [6, 6.07) is 22.2. The lowest BCUT2D eigenvalue weighted by Crippen LogP contribution is -2.53. The molecule has 0 saturated carbocycles. The lowest BCUT2D eigenvalue weighted by Gasteiger charge is -2.38. The number of anilines is 1. The van der Waals surface area contributed by atoms with Gasteiger partial charge in [-0.05, 0) is 48.5 Å². The van der Waals surface area contributed by atoms with Crippen LogP contribution < -0.4 is 19.7 Å². The summed E-state index contributed by atoms with van der Waals surface area (Å²) >= 11 is 5.98. The molecule has 3 aromatic carbocycles. The van der Waals surface area contributed by atoms with E-state index in [2.05, 4.69) is 21.2 Å². The molecule has 0 unspecified atom stereocenters. The number of amides is 1. The van der Waals surface area contributed by atoms with Crippen molar-refractivity contribution in [3.05, 3.63) is 83.4 Å². The Labute approximate surface area is 204 Å². The molecular weight excluding hydrogens is 452 g/mol. The molecule has 7 nitrogen and oxygen atoms in total.